The number of rotatable bonds is 7. The van der Waals surface area contributed by atoms with Crippen LogP contribution in [0.25, 0.3) is 0 Å². The minimum atomic E-state index is -0.813. The summed E-state index contributed by atoms with van der Waals surface area (Å²) in [5.74, 6) is 0.316. The van der Waals surface area contributed by atoms with Gasteiger partial charge in [-0.25, -0.2) is 4.79 Å². The number of halogens is 1. The SMILES string of the molecule is COC[C@@H](C)C[C@@H](c1ccccc1I)N(C(=O)O)C1CC1. The standard InChI is InChI=1S/C16H22INO3/c1-11(10-21-2)9-15(13-5-3-4-6-14(13)17)18(16(19)20)12-7-8-12/h3-6,11-12,15H,7-10H2,1-2H3,(H,19,20)/t11-,15-/m0/s1. The molecule has 1 saturated carbocycles. The van der Waals surface area contributed by atoms with Crippen LogP contribution in [-0.4, -0.2) is 35.9 Å². The molecule has 1 amide bonds. The van der Waals surface area contributed by atoms with E-state index in [1.54, 1.807) is 12.0 Å². The van der Waals surface area contributed by atoms with Crippen LogP contribution in [0, 0.1) is 9.49 Å². The average molecular weight is 403 g/mol. The lowest BCUT2D eigenvalue weighted by Crippen LogP contribution is -2.37. The zero-order chi connectivity index (χ0) is 15.4. The van der Waals surface area contributed by atoms with Gasteiger partial charge in [0, 0.05) is 23.3 Å². The van der Waals surface area contributed by atoms with Crippen molar-refractivity contribution in [2.45, 2.75) is 38.3 Å². The van der Waals surface area contributed by atoms with Crippen molar-refractivity contribution >= 4 is 28.7 Å². The molecule has 0 radical (unpaired) electrons. The molecule has 0 unspecified atom stereocenters. The van der Waals surface area contributed by atoms with Crippen LogP contribution < -0.4 is 0 Å². The highest BCUT2D eigenvalue weighted by Gasteiger charge is 2.39. The summed E-state index contributed by atoms with van der Waals surface area (Å²) in [6.07, 6.45) is 1.93. The van der Waals surface area contributed by atoms with E-state index in [4.69, 9.17) is 4.74 Å². The van der Waals surface area contributed by atoms with Gasteiger partial charge in [0.15, 0.2) is 0 Å². The number of nitrogens with zero attached hydrogens (tertiary/aromatic N) is 1. The molecule has 0 aromatic heterocycles. The molecule has 0 aliphatic heterocycles. The summed E-state index contributed by atoms with van der Waals surface area (Å²) < 4.78 is 6.34. The molecule has 0 spiro atoms. The molecule has 1 aromatic rings. The molecule has 1 aliphatic carbocycles. The molecule has 0 saturated heterocycles. The zero-order valence-corrected chi connectivity index (χ0v) is 14.6. The van der Waals surface area contributed by atoms with Gasteiger partial charge in [-0.2, -0.15) is 0 Å². The highest BCUT2D eigenvalue weighted by atomic mass is 127. The van der Waals surface area contributed by atoms with E-state index in [0.29, 0.717) is 12.5 Å². The Morgan fingerprint density at radius 3 is 2.67 bits per heavy atom. The quantitative estimate of drug-likeness (QED) is 0.696. The van der Waals surface area contributed by atoms with Crippen LogP contribution in [0.3, 0.4) is 0 Å². The maximum atomic E-state index is 11.7. The summed E-state index contributed by atoms with van der Waals surface area (Å²) in [7, 11) is 1.69. The fourth-order valence-corrected chi connectivity index (χ4v) is 3.51. The normalized spacial score (nSPS) is 17.3. The van der Waals surface area contributed by atoms with Crippen LogP contribution in [0.2, 0.25) is 0 Å². The van der Waals surface area contributed by atoms with Crippen LogP contribution >= 0.6 is 22.6 Å². The Labute approximate surface area is 139 Å². The van der Waals surface area contributed by atoms with Crippen LogP contribution in [0.4, 0.5) is 4.79 Å². The molecule has 0 bridgehead atoms. The van der Waals surface area contributed by atoms with Crippen molar-refractivity contribution < 1.29 is 14.6 Å². The van der Waals surface area contributed by atoms with Crippen molar-refractivity contribution in [3.63, 3.8) is 0 Å². The van der Waals surface area contributed by atoms with Crippen LogP contribution in [0.5, 0.6) is 0 Å². The molecular formula is C16H22INO3. The van der Waals surface area contributed by atoms with E-state index < -0.39 is 6.09 Å². The van der Waals surface area contributed by atoms with Gasteiger partial charge in [0.1, 0.15) is 0 Å². The van der Waals surface area contributed by atoms with Gasteiger partial charge in [-0.3, -0.25) is 4.90 Å². The van der Waals surface area contributed by atoms with E-state index in [0.717, 1.165) is 28.4 Å². The molecule has 1 aliphatic rings. The van der Waals surface area contributed by atoms with Gasteiger partial charge in [0.05, 0.1) is 6.04 Å². The van der Waals surface area contributed by atoms with Gasteiger partial charge in [-0.05, 0) is 59.4 Å². The number of amides is 1. The maximum absolute atomic E-state index is 11.7. The Kier molecular flexibility index (Phi) is 5.87. The van der Waals surface area contributed by atoms with Gasteiger partial charge in [-0.1, -0.05) is 25.1 Å². The number of hydrogen-bond donors (Lipinski definition) is 1. The number of carboxylic acid groups (broad SMARTS) is 1. The lowest BCUT2D eigenvalue weighted by Gasteiger charge is -2.32. The third-order valence-electron chi connectivity index (χ3n) is 3.84. The smallest absolute Gasteiger partial charge is 0.408 e. The van der Waals surface area contributed by atoms with Gasteiger partial charge in [-0.15, -0.1) is 0 Å². The number of methoxy groups -OCH3 is 1. The van der Waals surface area contributed by atoms with Gasteiger partial charge < -0.3 is 9.84 Å². The van der Waals surface area contributed by atoms with Crippen molar-refractivity contribution in [1.29, 1.82) is 0 Å². The largest absolute Gasteiger partial charge is 0.465 e. The van der Waals surface area contributed by atoms with Crippen molar-refractivity contribution in [3.05, 3.63) is 33.4 Å². The molecular weight excluding hydrogens is 381 g/mol. The van der Waals surface area contributed by atoms with E-state index >= 15 is 0 Å². The molecule has 4 nitrogen and oxygen atoms in total. The Morgan fingerprint density at radius 1 is 1.48 bits per heavy atom. The highest BCUT2D eigenvalue weighted by molar-refractivity contribution is 14.1. The van der Waals surface area contributed by atoms with Gasteiger partial charge in [0.2, 0.25) is 0 Å². The second kappa shape index (κ2) is 7.45. The minimum absolute atomic E-state index is 0.0896. The number of carbonyl (C=O) groups is 1. The molecule has 1 N–H and O–H groups in total. The van der Waals surface area contributed by atoms with Crippen LogP contribution in [0.1, 0.15) is 37.8 Å². The Balaban J connectivity index is 2.29. The van der Waals surface area contributed by atoms with E-state index in [-0.39, 0.29) is 12.1 Å². The summed E-state index contributed by atoms with van der Waals surface area (Å²) in [6, 6.07) is 8.15. The fourth-order valence-electron chi connectivity index (χ4n) is 2.77. The Bertz CT molecular complexity index is 490. The number of ether oxygens (including phenoxy) is 1. The second-order valence-corrected chi connectivity index (χ2v) is 6.92. The number of hydrogen-bond acceptors (Lipinski definition) is 2. The summed E-state index contributed by atoms with van der Waals surface area (Å²) in [6.45, 7) is 2.76. The molecule has 2 rings (SSSR count). The van der Waals surface area contributed by atoms with Gasteiger partial charge >= 0.3 is 6.09 Å². The summed E-state index contributed by atoms with van der Waals surface area (Å²) >= 11 is 2.29. The van der Waals surface area contributed by atoms with Crippen molar-refractivity contribution in [1.82, 2.24) is 4.90 Å². The van der Waals surface area contributed by atoms with Gasteiger partial charge in [0.25, 0.3) is 0 Å². The molecule has 5 heteroatoms. The molecule has 1 aromatic carbocycles. The minimum Gasteiger partial charge on any atom is -0.465 e. The van der Waals surface area contributed by atoms with E-state index in [1.807, 2.05) is 24.3 Å². The first kappa shape index (κ1) is 16.5. The Morgan fingerprint density at radius 2 is 2.14 bits per heavy atom. The summed E-state index contributed by atoms with van der Waals surface area (Å²) in [4.78, 5) is 13.4. The predicted molar refractivity (Wildman–Crippen MR) is 90.4 cm³/mol. The second-order valence-electron chi connectivity index (χ2n) is 5.75. The van der Waals surface area contributed by atoms with E-state index in [9.17, 15) is 9.90 Å². The lowest BCUT2D eigenvalue weighted by molar-refractivity contribution is 0.0967. The molecule has 116 valence electrons. The third-order valence-corrected chi connectivity index (χ3v) is 4.82. The first-order valence-electron chi connectivity index (χ1n) is 7.29. The van der Waals surface area contributed by atoms with Crippen molar-refractivity contribution in [2.75, 3.05) is 13.7 Å². The predicted octanol–water partition coefficient (Wildman–Crippen LogP) is 4.15. The molecule has 1 fully saturated rings. The van der Waals surface area contributed by atoms with Crippen molar-refractivity contribution in [2.24, 2.45) is 5.92 Å². The Hall–Kier alpha value is -0.820. The molecule has 21 heavy (non-hydrogen) atoms. The number of benzene rings is 1. The topological polar surface area (TPSA) is 49.8 Å². The van der Waals surface area contributed by atoms with Crippen molar-refractivity contribution in [3.8, 4) is 0 Å². The maximum Gasteiger partial charge on any atom is 0.408 e. The highest BCUT2D eigenvalue weighted by Crippen LogP contribution is 2.39. The zero-order valence-electron chi connectivity index (χ0n) is 12.5. The lowest BCUT2D eigenvalue weighted by atomic mass is 9.95. The summed E-state index contributed by atoms with van der Waals surface area (Å²) in [5.41, 5.74) is 1.11. The van der Waals surface area contributed by atoms with Crippen LogP contribution in [-0.2, 0) is 4.74 Å². The molecule has 2 atom stereocenters. The van der Waals surface area contributed by atoms with E-state index in [2.05, 4.69) is 29.5 Å². The van der Waals surface area contributed by atoms with Crippen LogP contribution in [0.15, 0.2) is 24.3 Å². The average Bonchev–Trinajstić information content (AvgIpc) is 3.23. The molecule has 0 heterocycles. The monoisotopic (exact) mass is 403 g/mol. The third kappa shape index (κ3) is 4.32. The first-order chi connectivity index (χ1) is 10.0. The first-order valence-corrected chi connectivity index (χ1v) is 8.37. The summed E-state index contributed by atoms with van der Waals surface area (Å²) in [5, 5.41) is 9.64. The fraction of sp³-hybridized carbons (Fsp3) is 0.562. The van der Waals surface area contributed by atoms with E-state index in [1.165, 1.54) is 0 Å².